The predicted molar refractivity (Wildman–Crippen MR) is 113 cm³/mol. The molecule has 1 aromatic carbocycles. The van der Waals surface area contributed by atoms with Crippen LogP contribution in [0.3, 0.4) is 0 Å². The third kappa shape index (κ3) is 4.45. The standard InChI is InChI=1S/C22H26BrN3O2/c1-16-20(7-8-21(24-16)17-4-2-5-18(23)14-17)22(27)26-11-9-25(10-12-26)15-19-6-3-13-28-19/h2,4-5,7-8,14,19H,3,6,9-13,15H2,1H3. The number of aryl methyl sites for hydroxylation is 1. The van der Waals surface area contributed by atoms with E-state index >= 15 is 0 Å². The van der Waals surface area contributed by atoms with Gasteiger partial charge in [0, 0.05) is 49.4 Å². The van der Waals surface area contributed by atoms with Crippen molar-refractivity contribution in [2.75, 3.05) is 39.3 Å². The number of carbonyl (C=O) groups is 1. The number of halogens is 1. The van der Waals surface area contributed by atoms with Gasteiger partial charge in [0.15, 0.2) is 0 Å². The first-order valence-corrected chi connectivity index (χ1v) is 10.8. The quantitative estimate of drug-likeness (QED) is 0.721. The highest BCUT2D eigenvalue weighted by Crippen LogP contribution is 2.23. The maximum atomic E-state index is 13.0. The number of hydrogen-bond donors (Lipinski definition) is 0. The number of nitrogens with zero attached hydrogens (tertiary/aromatic N) is 3. The molecule has 1 atom stereocenters. The molecule has 1 amide bonds. The zero-order chi connectivity index (χ0) is 19.5. The summed E-state index contributed by atoms with van der Waals surface area (Å²) in [4.78, 5) is 22.1. The fourth-order valence-corrected chi connectivity index (χ4v) is 4.38. The van der Waals surface area contributed by atoms with E-state index in [0.717, 1.165) is 67.2 Å². The van der Waals surface area contributed by atoms with Crippen LogP contribution < -0.4 is 0 Å². The molecule has 0 spiro atoms. The van der Waals surface area contributed by atoms with Gasteiger partial charge in [0.2, 0.25) is 0 Å². The summed E-state index contributed by atoms with van der Waals surface area (Å²) < 4.78 is 6.76. The molecule has 148 valence electrons. The first-order valence-electron chi connectivity index (χ1n) is 9.97. The first kappa shape index (κ1) is 19.6. The maximum Gasteiger partial charge on any atom is 0.255 e. The van der Waals surface area contributed by atoms with E-state index < -0.39 is 0 Å². The molecule has 2 fully saturated rings. The maximum absolute atomic E-state index is 13.0. The molecule has 0 saturated carbocycles. The lowest BCUT2D eigenvalue weighted by molar-refractivity contribution is 0.0432. The van der Waals surface area contributed by atoms with Gasteiger partial charge in [-0.3, -0.25) is 14.7 Å². The zero-order valence-electron chi connectivity index (χ0n) is 16.2. The molecule has 0 radical (unpaired) electrons. The fourth-order valence-electron chi connectivity index (χ4n) is 3.98. The summed E-state index contributed by atoms with van der Waals surface area (Å²) in [5.41, 5.74) is 3.41. The second-order valence-corrected chi connectivity index (χ2v) is 8.48. The third-order valence-electron chi connectivity index (χ3n) is 5.58. The van der Waals surface area contributed by atoms with Gasteiger partial charge in [0.1, 0.15) is 0 Å². The lowest BCUT2D eigenvalue weighted by Crippen LogP contribution is -2.50. The van der Waals surface area contributed by atoms with Crippen molar-refractivity contribution >= 4 is 21.8 Å². The smallest absolute Gasteiger partial charge is 0.255 e. The van der Waals surface area contributed by atoms with E-state index in [1.807, 2.05) is 48.2 Å². The van der Waals surface area contributed by atoms with E-state index in [1.54, 1.807) is 0 Å². The van der Waals surface area contributed by atoms with Crippen LogP contribution in [0.25, 0.3) is 11.3 Å². The molecular weight excluding hydrogens is 418 g/mol. The fraction of sp³-hybridized carbons (Fsp3) is 0.455. The van der Waals surface area contributed by atoms with Crippen molar-refractivity contribution in [1.82, 2.24) is 14.8 Å². The Bertz CT molecular complexity index is 843. The van der Waals surface area contributed by atoms with Crippen LogP contribution in [0.1, 0.15) is 28.9 Å². The normalized spacial score (nSPS) is 20.5. The summed E-state index contributed by atoms with van der Waals surface area (Å²) in [5.74, 6) is 0.0857. The lowest BCUT2D eigenvalue weighted by Gasteiger charge is -2.35. The van der Waals surface area contributed by atoms with E-state index in [-0.39, 0.29) is 5.91 Å². The van der Waals surface area contributed by atoms with Gasteiger partial charge in [0.05, 0.1) is 23.1 Å². The van der Waals surface area contributed by atoms with E-state index in [1.165, 1.54) is 6.42 Å². The minimum absolute atomic E-state index is 0.0857. The van der Waals surface area contributed by atoms with Gasteiger partial charge in [0.25, 0.3) is 5.91 Å². The Hall–Kier alpha value is -1.76. The summed E-state index contributed by atoms with van der Waals surface area (Å²) in [6.07, 6.45) is 2.71. The van der Waals surface area contributed by atoms with Crippen molar-refractivity contribution in [3.8, 4) is 11.3 Å². The number of rotatable bonds is 4. The van der Waals surface area contributed by atoms with Crippen molar-refractivity contribution in [1.29, 1.82) is 0 Å². The van der Waals surface area contributed by atoms with Crippen molar-refractivity contribution in [2.24, 2.45) is 0 Å². The average Bonchev–Trinajstić information content (AvgIpc) is 3.21. The van der Waals surface area contributed by atoms with Crippen molar-refractivity contribution < 1.29 is 9.53 Å². The van der Waals surface area contributed by atoms with Gasteiger partial charge in [-0.05, 0) is 44.0 Å². The van der Waals surface area contributed by atoms with Gasteiger partial charge >= 0.3 is 0 Å². The predicted octanol–water partition coefficient (Wildman–Crippen LogP) is 3.76. The van der Waals surface area contributed by atoms with Crippen LogP contribution in [-0.2, 0) is 4.74 Å². The second-order valence-electron chi connectivity index (χ2n) is 7.57. The third-order valence-corrected chi connectivity index (χ3v) is 6.08. The number of aromatic nitrogens is 1. The molecule has 0 bridgehead atoms. The Labute approximate surface area is 174 Å². The highest BCUT2D eigenvalue weighted by Gasteiger charge is 2.26. The molecule has 5 nitrogen and oxygen atoms in total. The molecule has 2 aromatic rings. The Morgan fingerprint density at radius 1 is 1.21 bits per heavy atom. The van der Waals surface area contributed by atoms with Crippen molar-refractivity contribution in [3.63, 3.8) is 0 Å². The summed E-state index contributed by atoms with van der Waals surface area (Å²) in [6, 6.07) is 11.9. The highest BCUT2D eigenvalue weighted by atomic mass is 79.9. The van der Waals surface area contributed by atoms with E-state index in [9.17, 15) is 4.79 Å². The highest BCUT2D eigenvalue weighted by molar-refractivity contribution is 9.10. The van der Waals surface area contributed by atoms with E-state index in [4.69, 9.17) is 4.74 Å². The van der Waals surface area contributed by atoms with Gasteiger partial charge < -0.3 is 9.64 Å². The van der Waals surface area contributed by atoms with Crippen LogP contribution in [0.2, 0.25) is 0 Å². The Morgan fingerprint density at radius 3 is 2.71 bits per heavy atom. The van der Waals surface area contributed by atoms with Crippen LogP contribution in [0.4, 0.5) is 0 Å². The zero-order valence-corrected chi connectivity index (χ0v) is 17.8. The summed E-state index contributed by atoms with van der Waals surface area (Å²) in [7, 11) is 0. The number of benzene rings is 1. The molecule has 2 aliphatic heterocycles. The summed E-state index contributed by atoms with van der Waals surface area (Å²) in [6.45, 7) is 7.15. The number of ether oxygens (including phenoxy) is 1. The minimum atomic E-state index is 0.0857. The van der Waals surface area contributed by atoms with Crippen molar-refractivity contribution in [2.45, 2.75) is 25.9 Å². The molecule has 2 aliphatic rings. The number of pyridine rings is 1. The Balaban J connectivity index is 1.39. The van der Waals surface area contributed by atoms with Gasteiger partial charge in [-0.2, -0.15) is 0 Å². The van der Waals surface area contributed by atoms with Crippen LogP contribution >= 0.6 is 15.9 Å². The molecule has 0 aliphatic carbocycles. The minimum Gasteiger partial charge on any atom is -0.377 e. The molecule has 0 N–H and O–H groups in total. The van der Waals surface area contributed by atoms with E-state index in [2.05, 4.69) is 25.8 Å². The topological polar surface area (TPSA) is 45.7 Å². The molecular formula is C22H26BrN3O2. The second kappa shape index (κ2) is 8.72. The Kier molecular flexibility index (Phi) is 6.09. The molecule has 4 rings (SSSR count). The molecule has 6 heteroatoms. The summed E-state index contributed by atoms with van der Waals surface area (Å²) >= 11 is 3.50. The number of piperazine rings is 1. The molecule has 1 aromatic heterocycles. The van der Waals surface area contributed by atoms with Crippen LogP contribution in [0.5, 0.6) is 0 Å². The monoisotopic (exact) mass is 443 g/mol. The van der Waals surface area contributed by atoms with Gasteiger partial charge in [-0.15, -0.1) is 0 Å². The first-order chi connectivity index (χ1) is 13.6. The summed E-state index contributed by atoms with van der Waals surface area (Å²) in [5, 5.41) is 0. The van der Waals surface area contributed by atoms with Crippen molar-refractivity contribution in [3.05, 3.63) is 52.1 Å². The van der Waals surface area contributed by atoms with Crippen LogP contribution in [0, 0.1) is 6.92 Å². The number of carbonyl (C=O) groups excluding carboxylic acids is 1. The van der Waals surface area contributed by atoms with Gasteiger partial charge in [-0.1, -0.05) is 28.1 Å². The van der Waals surface area contributed by atoms with Crippen LogP contribution in [0.15, 0.2) is 40.9 Å². The lowest BCUT2D eigenvalue weighted by atomic mass is 10.1. The number of amides is 1. The molecule has 28 heavy (non-hydrogen) atoms. The largest absolute Gasteiger partial charge is 0.377 e. The number of hydrogen-bond acceptors (Lipinski definition) is 4. The van der Waals surface area contributed by atoms with Crippen LogP contribution in [-0.4, -0.2) is 66.1 Å². The van der Waals surface area contributed by atoms with E-state index in [0.29, 0.717) is 11.7 Å². The molecule has 1 unspecified atom stereocenters. The average molecular weight is 444 g/mol. The van der Waals surface area contributed by atoms with Gasteiger partial charge in [-0.25, -0.2) is 0 Å². The SMILES string of the molecule is Cc1nc(-c2cccc(Br)c2)ccc1C(=O)N1CCN(CC2CCCO2)CC1. The Morgan fingerprint density at radius 2 is 2.04 bits per heavy atom. The molecule has 2 saturated heterocycles. The molecule has 3 heterocycles.